The second-order valence-corrected chi connectivity index (χ2v) is 7.01. The monoisotopic (exact) mass is 341 g/mol. The van der Waals surface area contributed by atoms with Crippen LogP contribution >= 0.6 is 0 Å². The Labute approximate surface area is 148 Å². The third kappa shape index (κ3) is 4.37. The number of benzene rings is 1. The Hall–Kier alpha value is -2.39. The number of hydrogen-bond donors (Lipinski definition) is 0. The van der Waals surface area contributed by atoms with Crippen LogP contribution in [0.1, 0.15) is 25.0 Å². The van der Waals surface area contributed by atoms with Crippen molar-refractivity contribution >= 4 is 5.69 Å². The first kappa shape index (κ1) is 17.4. The van der Waals surface area contributed by atoms with Crippen molar-refractivity contribution in [2.75, 3.05) is 31.1 Å². The number of nitrogens with zero attached hydrogens (tertiary/aromatic N) is 5. The van der Waals surface area contributed by atoms with Crippen molar-refractivity contribution in [2.24, 2.45) is 5.92 Å². The minimum Gasteiger partial charge on any atom is -0.367 e. The van der Waals surface area contributed by atoms with Gasteiger partial charge in [-0.15, -0.1) is 0 Å². The van der Waals surface area contributed by atoms with Crippen LogP contribution in [0.25, 0.3) is 0 Å². The molecular weight excluding hydrogens is 317 g/mol. The highest BCUT2D eigenvalue weighted by molar-refractivity contribution is 5.51. The topological polar surface area (TPSA) is 48.1 Å². The molecular formula is C19H24FN5. The summed E-state index contributed by atoms with van der Waals surface area (Å²) in [6.45, 7) is 9.51. The Bertz CT molecular complexity index is 753. The van der Waals surface area contributed by atoms with Crippen LogP contribution in [-0.2, 0) is 13.1 Å². The van der Waals surface area contributed by atoms with E-state index >= 15 is 0 Å². The molecule has 1 aliphatic heterocycles. The lowest BCUT2D eigenvalue weighted by Gasteiger charge is -2.36. The molecule has 0 N–H and O–H groups in total. The fourth-order valence-electron chi connectivity index (χ4n) is 3.20. The Morgan fingerprint density at radius 2 is 2.00 bits per heavy atom. The minimum absolute atomic E-state index is 0.317. The lowest BCUT2D eigenvalue weighted by atomic mass is 10.1. The molecule has 3 rings (SSSR count). The van der Waals surface area contributed by atoms with Gasteiger partial charge in [0, 0.05) is 51.0 Å². The molecule has 1 aliphatic rings. The lowest BCUT2D eigenvalue weighted by Crippen LogP contribution is -2.46. The number of anilines is 1. The highest BCUT2D eigenvalue weighted by atomic mass is 19.1. The van der Waals surface area contributed by atoms with Gasteiger partial charge < -0.3 is 4.90 Å². The van der Waals surface area contributed by atoms with Crippen LogP contribution in [0.5, 0.6) is 0 Å². The van der Waals surface area contributed by atoms with Gasteiger partial charge in [-0.2, -0.15) is 10.4 Å². The number of piperazine rings is 1. The molecule has 2 aromatic rings. The summed E-state index contributed by atoms with van der Waals surface area (Å²) in [5, 5.41) is 13.3. The van der Waals surface area contributed by atoms with Crippen LogP contribution < -0.4 is 4.90 Å². The molecule has 1 fully saturated rings. The summed E-state index contributed by atoms with van der Waals surface area (Å²) in [6.07, 6.45) is 4.06. The molecule has 0 radical (unpaired) electrons. The second kappa shape index (κ2) is 7.66. The number of rotatable bonds is 5. The zero-order valence-corrected chi connectivity index (χ0v) is 14.8. The van der Waals surface area contributed by atoms with Crippen LogP contribution in [0, 0.1) is 23.1 Å². The maximum absolute atomic E-state index is 14.2. The average Bonchev–Trinajstić information content (AvgIpc) is 3.01. The molecule has 0 aliphatic carbocycles. The molecule has 6 heteroatoms. The lowest BCUT2D eigenvalue weighted by molar-refractivity contribution is 0.249. The van der Waals surface area contributed by atoms with E-state index in [1.165, 1.54) is 11.6 Å². The smallest absolute Gasteiger partial charge is 0.147 e. The van der Waals surface area contributed by atoms with Crippen LogP contribution in [-0.4, -0.2) is 40.9 Å². The molecule has 2 heterocycles. The third-order valence-corrected chi connectivity index (χ3v) is 4.43. The molecule has 0 unspecified atom stereocenters. The molecule has 1 saturated heterocycles. The summed E-state index contributed by atoms with van der Waals surface area (Å²) in [5.41, 5.74) is 2.17. The van der Waals surface area contributed by atoms with E-state index in [-0.39, 0.29) is 5.82 Å². The van der Waals surface area contributed by atoms with E-state index in [0.717, 1.165) is 39.3 Å². The average molecular weight is 341 g/mol. The highest BCUT2D eigenvalue weighted by Crippen LogP contribution is 2.22. The largest absolute Gasteiger partial charge is 0.367 e. The molecule has 0 saturated carbocycles. The molecule has 1 aromatic heterocycles. The molecule has 0 spiro atoms. The van der Waals surface area contributed by atoms with Gasteiger partial charge in [-0.05, 0) is 24.1 Å². The Kier molecular flexibility index (Phi) is 5.34. The van der Waals surface area contributed by atoms with E-state index in [0.29, 0.717) is 17.2 Å². The van der Waals surface area contributed by atoms with Gasteiger partial charge in [-0.3, -0.25) is 9.58 Å². The molecule has 25 heavy (non-hydrogen) atoms. The number of nitriles is 1. The van der Waals surface area contributed by atoms with Gasteiger partial charge >= 0.3 is 0 Å². The summed E-state index contributed by atoms with van der Waals surface area (Å²) in [4.78, 5) is 4.42. The summed E-state index contributed by atoms with van der Waals surface area (Å²) in [6, 6.07) is 6.66. The maximum atomic E-state index is 14.2. The van der Waals surface area contributed by atoms with Crippen molar-refractivity contribution < 1.29 is 4.39 Å². The van der Waals surface area contributed by atoms with E-state index in [1.807, 2.05) is 16.9 Å². The molecule has 5 nitrogen and oxygen atoms in total. The van der Waals surface area contributed by atoms with Gasteiger partial charge in [0.1, 0.15) is 5.82 Å². The van der Waals surface area contributed by atoms with Crippen LogP contribution in [0.4, 0.5) is 10.1 Å². The van der Waals surface area contributed by atoms with Crippen molar-refractivity contribution in [3.63, 3.8) is 0 Å². The van der Waals surface area contributed by atoms with Crippen molar-refractivity contribution in [3.8, 4) is 6.07 Å². The first-order chi connectivity index (χ1) is 12.0. The van der Waals surface area contributed by atoms with E-state index in [9.17, 15) is 4.39 Å². The quantitative estimate of drug-likeness (QED) is 0.839. The number of aromatic nitrogens is 2. The molecule has 132 valence electrons. The van der Waals surface area contributed by atoms with Crippen molar-refractivity contribution in [3.05, 3.63) is 47.5 Å². The summed E-state index contributed by atoms with van der Waals surface area (Å²) in [5.74, 6) is 0.265. The van der Waals surface area contributed by atoms with Gasteiger partial charge in [0.05, 0.1) is 23.5 Å². The summed E-state index contributed by atoms with van der Waals surface area (Å²) < 4.78 is 16.2. The molecule has 0 atom stereocenters. The van der Waals surface area contributed by atoms with Crippen LogP contribution in [0.15, 0.2) is 30.6 Å². The minimum atomic E-state index is -0.317. The van der Waals surface area contributed by atoms with Crippen LogP contribution in [0.3, 0.4) is 0 Å². The van der Waals surface area contributed by atoms with Gasteiger partial charge in [0.2, 0.25) is 0 Å². The molecule has 0 bridgehead atoms. The maximum Gasteiger partial charge on any atom is 0.147 e. The number of hydrogen-bond acceptors (Lipinski definition) is 4. The Morgan fingerprint density at radius 3 is 2.64 bits per heavy atom. The van der Waals surface area contributed by atoms with Gasteiger partial charge in [0.15, 0.2) is 0 Å². The van der Waals surface area contributed by atoms with E-state index < -0.39 is 0 Å². The Balaban J connectivity index is 1.55. The fourth-order valence-corrected chi connectivity index (χ4v) is 3.20. The zero-order chi connectivity index (χ0) is 17.8. The van der Waals surface area contributed by atoms with Gasteiger partial charge in [-0.25, -0.2) is 4.39 Å². The first-order valence-corrected chi connectivity index (χ1v) is 8.73. The molecule has 0 amide bonds. The van der Waals surface area contributed by atoms with Gasteiger partial charge in [-0.1, -0.05) is 13.8 Å². The van der Waals surface area contributed by atoms with E-state index in [1.54, 1.807) is 12.1 Å². The highest BCUT2D eigenvalue weighted by Gasteiger charge is 2.20. The van der Waals surface area contributed by atoms with E-state index in [2.05, 4.69) is 34.9 Å². The van der Waals surface area contributed by atoms with Crippen LogP contribution in [0.2, 0.25) is 0 Å². The Morgan fingerprint density at radius 1 is 1.24 bits per heavy atom. The SMILES string of the molecule is CC(C)Cn1cc(CN2CCN(c3ccc(C#N)cc3F)CC2)cn1. The van der Waals surface area contributed by atoms with Gasteiger partial charge in [0.25, 0.3) is 0 Å². The van der Waals surface area contributed by atoms with Crippen molar-refractivity contribution in [1.29, 1.82) is 5.26 Å². The normalized spacial score (nSPS) is 15.6. The molecule has 1 aromatic carbocycles. The third-order valence-electron chi connectivity index (χ3n) is 4.43. The predicted octanol–water partition coefficient (Wildman–Crippen LogP) is 2.87. The first-order valence-electron chi connectivity index (χ1n) is 8.73. The standard InChI is InChI=1S/C19H24FN5/c1-15(2)12-25-14-17(11-22-25)13-23-5-7-24(8-6-23)19-4-3-16(10-21)9-18(19)20/h3-4,9,11,14-15H,5-8,12-13H2,1-2H3. The number of halogens is 1. The summed E-state index contributed by atoms with van der Waals surface area (Å²) in [7, 11) is 0. The predicted molar refractivity (Wildman–Crippen MR) is 95.7 cm³/mol. The second-order valence-electron chi connectivity index (χ2n) is 7.01. The summed E-state index contributed by atoms with van der Waals surface area (Å²) >= 11 is 0. The fraction of sp³-hybridized carbons (Fsp3) is 0.474. The van der Waals surface area contributed by atoms with E-state index in [4.69, 9.17) is 5.26 Å². The van der Waals surface area contributed by atoms with Crippen molar-refractivity contribution in [1.82, 2.24) is 14.7 Å². The zero-order valence-electron chi connectivity index (χ0n) is 14.8. The van der Waals surface area contributed by atoms with Crippen molar-refractivity contribution in [2.45, 2.75) is 26.9 Å².